The van der Waals surface area contributed by atoms with E-state index in [-0.39, 0.29) is 21.9 Å². The van der Waals surface area contributed by atoms with E-state index in [1.165, 1.54) is 6.20 Å². The van der Waals surface area contributed by atoms with E-state index in [4.69, 9.17) is 10.4 Å². The van der Waals surface area contributed by atoms with E-state index >= 15 is 0 Å². The zero-order valence-electron chi connectivity index (χ0n) is 10.6. The third kappa shape index (κ3) is 3.30. The van der Waals surface area contributed by atoms with Gasteiger partial charge in [0.1, 0.15) is 17.6 Å². The van der Waals surface area contributed by atoms with Crippen LogP contribution in [0.1, 0.15) is 21.6 Å². The van der Waals surface area contributed by atoms with Gasteiger partial charge in [0.2, 0.25) is 0 Å². The van der Waals surface area contributed by atoms with Gasteiger partial charge >= 0.3 is 5.97 Å². The lowest BCUT2D eigenvalue weighted by atomic mass is 10.2. The quantitative estimate of drug-likeness (QED) is 0.934. The van der Waals surface area contributed by atoms with Crippen LogP contribution in [0.5, 0.6) is 0 Å². The molecule has 21 heavy (non-hydrogen) atoms. The number of nitriles is 1. The molecule has 0 amide bonds. The molecule has 0 fully saturated rings. The van der Waals surface area contributed by atoms with Gasteiger partial charge in [-0.25, -0.2) is 14.2 Å². The molecule has 0 aliphatic rings. The van der Waals surface area contributed by atoms with E-state index in [0.717, 1.165) is 18.2 Å². The number of carbonyl (C=O) groups is 1. The van der Waals surface area contributed by atoms with Crippen LogP contribution >= 0.6 is 0 Å². The molecule has 106 valence electrons. The van der Waals surface area contributed by atoms with Gasteiger partial charge in [-0.3, -0.25) is 4.21 Å². The Balaban J connectivity index is 2.35. The Morgan fingerprint density at radius 2 is 2.19 bits per heavy atom. The van der Waals surface area contributed by atoms with E-state index in [2.05, 4.69) is 4.98 Å². The van der Waals surface area contributed by atoms with Crippen molar-refractivity contribution in [3.63, 3.8) is 0 Å². The molecule has 0 aliphatic heterocycles. The van der Waals surface area contributed by atoms with Crippen LogP contribution in [-0.4, -0.2) is 20.3 Å². The number of hydrogen-bond donors (Lipinski definition) is 1. The number of carboxylic acid groups (broad SMARTS) is 1. The molecule has 0 saturated carbocycles. The standard InChI is InChI=1S/C14H9FN2O3S/c15-11-4-3-9(14(18)19)6-13(11)21(20)8-10-2-1-5-17-12(10)7-16/h1-6H,8H2,(H,18,19). The summed E-state index contributed by atoms with van der Waals surface area (Å²) in [5.74, 6) is -2.09. The molecule has 1 aromatic heterocycles. The Morgan fingerprint density at radius 3 is 2.86 bits per heavy atom. The number of nitrogens with zero attached hydrogens (tertiary/aromatic N) is 2. The lowest BCUT2D eigenvalue weighted by Crippen LogP contribution is -2.05. The molecule has 1 N–H and O–H groups in total. The van der Waals surface area contributed by atoms with Crippen molar-refractivity contribution in [3.05, 3.63) is 59.2 Å². The number of benzene rings is 1. The third-order valence-electron chi connectivity index (χ3n) is 2.71. The Morgan fingerprint density at radius 1 is 1.43 bits per heavy atom. The van der Waals surface area contributed by atoms with Gasteiger partial charge in [0.25, 0.3) is 0 Å². The smallest absolute Gasteiger partial charge is 0.335 e. The second kappa shape index (κ2) is 6.24. The lowest BCUT2D eigenvalue weighted by molar-refractivity contribution is 0.0696. The summed E-state index contributed by atoms with van der Waals surface area (Å²) in [7, 11) is -1.81. The summed E-state index contributed by atoms with van der Waals surface area (Å²) in [6.45, 7) is 0. The summed E-state index contributed by atoms with van der Waals surface area (Å²) in [6, 6.07) is 8.12. The maximum Gasteiger partial charge on any atom is 0.335 e. The van der Waals surface area contributed by atoms with Crippen molar-refractivity contribution in [2.24, 2.45) is 0 Å². The average molecular weight is 304 g/mol. The van der Waals surface area contributed by atoms with Gasteiger partial charge in [-0.15, -0.1) is 0 Å². The molecule has 7 heteroatoms. The average Bonchev–Trinajstić information content (AvgIpc) is 2.47. The van der Waals surface area contributed by atoms with Crippen LogP contribution in [0, 0.1) is 17.1 Å². The van der Waals surface area contributed by atoms with Crippen molar-refractivity contribution in [2.75, 3.05) is 0 Å². The van der Waals surface area contributed by atoms with E-state index < -0.39 is 22.6 Å². The van der Waals surface area contributed by atoms with Gasteiger partial charge in [0, 0.05) is 11.8 Å². The Labute approximate surface area is 122 Å². The number of halogens is 1. The van der Waals surface area contributed by atoms with Crippen LogP contribution in [0.4, 0.5) is 4.39 Å². The summed E-state index contributed by atoms with van der Waals surface area (Å²) in [6.07, 6.45) is 1.43. The van der Waals surface area contributed by atoms with Crippen LogP contribution in [0.15, 0.2) is 41.4 Å². The van der Waals surface area contributed by atoms with Gasteiger partial charge in [0.15, 0.2) is 0 Å². The fourth-order valence-corrected chi connectivity index (χ4v) is 2.90. The highest BCUT2D eigenvalue weighted by Gasteiger charge is 2.16. The summed E-state index contributed by atoms with van der Waals surface area (Å²) >= 11 is 0. The fourth-order valence-electron chi connectivity index (χ4n) is 1.69. The fraction of sp³-hybridized carbons (Fsp3) is 0.0714. The van der Waals surface area contributed by atoms with Gasteiger partial charge in [-0.1, -0.05) is 6.07 Å². The molecule has 0 saturated heterocycles. The van der Waals surface area contributed by atoms with E-state index in [9.17, 15) is 13.4 Å². The molecule has 1 aromatic carbocycles. The number of carboxylic acids is 1. The van der Waals surface area contributed by atoms with Crippen molar-refractivity contribution in [2.45, 2.75) is 10.6 Å². The highest BCUT2D eigenvalue weighted by Crippen LogP contribution is 2.19. The first-order valence-corrected chi connectivity index (χ1v) is 7.10. The molecule has 0 bridgehead atoms. The molecule has 2 aromatic rings. The van der Waals surface area contributed by atoms with Crippen LogP contribution in [0.25, 0.3) is 0 Å². The van der Waals surface area contributed by atoms with Crippen LogP contribution < -0.4 is 0 Å². The van der Waals surface area contributed by atoms with E-state index in [1.54, 1.807) is 12.1 Å². The van der Waals surface area contributed by atoms with Crippen LogP contribution in [-0.2, 0) is 16.6 Å². The first-order valence-electron chi connectivity index (χ1n) is 5.78. The number of pyridine rings is 1. The molecular formula is C14H9FN2O3S. The van der Waals surface area contributed by atoms with Crippen molar-refractivity contribution in [1.82, 2.24) is 4.98 Å². The van der Waals surface area contributed by atoms with Crippen molar-refractivity contribution in [1.29, 1.82) is 5.26 Å². The summed E-state index contributed by atoms with van der Waals surface area (Å²) < 4.78 is 25.9. The highest BCUT2D eigenvalue weighted by atomic mass is 32.2. The van der Waals surface area contributed by atoms with Crippen LogP contribution in [0.2, 0.25) is 0 Å². The molecule has 0 radical (unpaired) electrons. The second-order valence-electron chi connectivity index (χ2n) is 4.06. The van der Waals surface area contributed by atoms with E-state index in [0.29, 0.717) is 5.56 Å². The van der Waals surface area contributed by atoms with Gasteiger partial charge in [-0.05, 0) is 24.3 Å². The molecular weight excluding hydrogens is 295 g/mol. The first-order chi connectivity index (χ1) is 10.0. The number of rotatable bonds is 4. The zero-order chi connectivity index (χ0) is 15.4. The largest absolute Gasteiger partial charge is 0.478 e. The Hall–Kier alpha value is -2.59. The minimum Gasteiger partial charge on any atom is -0.478 e. The van der Waals surface area contributed by atoms with Gasteiger partial charge in [-0.2, -0.15) is 5.26 Å². The molecule has 1 unspecified atom stereocenters. The van der Waals surface area contributed by atoms with Crippen molar-refractivity contribution < 1.29 is 18.5 Å². The second-order valence-corrected chi connectivity index (χ2v) is 5.48. The first kappa shape index (κ1) is 14.8. The summed E-state index contributed by atoms with van der Waals surface area (Å²) in [4.78, 5) is 14.5. The molecule has 2 rings (SSSR count). The predicted molar refractivity (Wildman–Crippen MR) is 72.4 cm³/mol. The Bertz CT molecular complexity index is 771. The molecule has 0 spiro atoms. The molecule has 0 aliphatic carbocycles. The minimum atomic E-state index is -1.81. The zero-order valence-corrected chi connectivity index (χ0v) is 11.4. The molecule has 1 heterocycles. The maximum atomic E-state index is 13.7. The minimum absolute atomic E-state index is 0.112. The normalized spacial score (nSPS) is 11.6. The van der Waals surface area contributed by atoms with Crippen molar-refractivity contribution >= 4 is 16.8 Å². The van der Waals surface area contributed by atoms with Crippen molar-refractivity contribution in [3.8, 4) is 6.07 Å². The highest BCUT2D eigenvalue weighted by molar-refractivity contribution is 7.84. The van der Waals surface area contributed by atoms with Gasteiger partial charge < -0.3 is 5.11 Å². The summed E-state index contributed by atoms with van der Waals surface area (Å²) in [5, 5.41) is 17.8. The Kier molecular flexibility index (Phi) is 4.40. The van der Waals surface area contributed by atoms with E-state index in [1.807, 2.05) is 6.07 Å². The molecule has 1 atom stereocenters. The monoisotopic (exact) mass is 304 g/mol. The molecule has 5 nitrogen and oxygen atoms in total. The summed E-state index contributed by atoms with van der Waals surface area (Å²) in [5.41, 5.74) is 0.380. The third-order valence-corrected chi connectivity index (χ3v) is 4.08. The topological polar surface area (TPSA) is 91.0 Å². The number of hydrogen-bond acceptors (Lipinski definition) is 4. The number of aromatic carboxylic acids is 1. The maximum absolute atomic E-state index is 13.7. The predicted octanol–water partition coefficient (Wildman–Crippen LogP) is 2.10. The lowest BCUT2D eigenvalue weighted by Gasteiger charge is -2.06. The number of aromatic nitrogens is 1. The van der Waals surface area contributed by atoms with Crippen LogP contribution in [0.3, 0.4) is 0 Å². The SMILES string of the molecule is N#Cc1ncccc1CS(=O)c1cc(C(=O)O)ccc1F. The van der Waals surface area contributed by atoms with Gasteiger partial charge in [0.05, 0.1) is 27.0 Å².